The van der Waals surface area contributed by atoms with Gasteiger partial charge < -0.3 is 15.0 Å². The van der Waals surface area contributed by atoms with Crippen molar-refractivity contribution in [2.75, 3.05) is 43.6 Å². The second-order valence-electron chi connectivity index (χ2n) is 7.12. The molecule has 0 aliphatic carbocycles. The number of nitrogens with one attached hydrogen (secondary N) is 1. The molecule has 0 radical (unpaired) electrons. The highest BCUT2D eigenvalue weighted by atomic mass is 16.5. The van der Waals surface area contributed by atoms with Gasteiger partial charge in [-0.25, -0.2) is 0 Å². The SMILES string of the molecule is Cc1ccccc1NC(=O)C(C)N(C)Cc1ccccc1N1CCOCC1. The molecule has 1 heterocycles. The van der Waals surface area contributed by atoms with Gasteiger partial charge in [-0.3, -0.25) is 9.69 Å². The number of ether oxygens (including phenoxy) is 1. The van der Waals surface area contributed by atoms with Crippen LogP contribution in [0.2, 0.25) is 0 Å². The van der Waals surface area contributed by atoms with Crippen molar-refractivity contribution in [3.63, 3.8) is 0 Å². The Bertz CT molecular complexity index is 772. The molecule has 1 N–H and O–H groups in total. The van der Waals surface area contributed by atoms with Crippen LogP contribution in [0.5, 0.6) is 0 Å². The lowest BCUT2D eigenvalue weighted by Crippen LogP contribution is -2.40. The average molecular weight is 367 g/mol. The third-order valence-electron chi connectivity index (χ3n) is 5.21. The van der Waals surface area contributed by atoms with Crippen molar-refractivity contribution in [1.29, 1.82) is 0 Å². The first-order valence-corrected chi connectivity index (χ1v) is 9.53. The van der Waals surface area contributed by atoms with E-state index in [9.17, 15) is 4.79 Å². The maximum atomic E-state index is 12.7. The first-order valence-electron chi connectivity index (χ1n) is 9.53. The summed E-state index contributed by atoms with van der Waals surface area (Å²) in [6, 6.07) is 16.1. The van der Waals surface area contributed by atoms with Gasteiger partial charge in [-0.1, -0.05) is 36.4 Å². The zero-order chi connectivity index (χ0) is 19.2. The Kier molecular flexibility index (Phi) is 6.48. The van der Waals surface area contributed by atoms with Crippen molar-refractivity contribution in [2.45, 2.75) is 26.4 Å². The summed E-state index contributed by atoms with van der Waals surface area (Å²) < 4.78 is 5.47. The Labute approximate surface area is 161 Å². The normalized spacial score (nSPS) is 15.6. The Morgan fingerprint density at radius 1 is 1.15 bits per heavy atom. The van der Waals surface area contributed by atoms with Gasteiger partial charge >= 0.3 is 0 Å². The number of carbonyl (C=O) groups excluding carboxylic acids is 1. The fraction of sp³-hybridized carbons (Fsp3) is 0.409. The number of amides is 1. The van der Waals surface area contributed by atoms with Crippen LogP contribution in [-0.4, -0.2) is 50.2 Å². The van der Waals surface area contributed by atoms with E-state index in [1.807, 2.05) is 45.2 Å². The number of nitrogens with zero attached hydrogens (tertiary/aromatic N) is 2. The molecule has 1 aliphatic rings. The predicted octanol–water partition coefficient (Wildman–Crippen LogP) is 3.29. The molecular weight excluding hydrogens is 338 g/mol. The number of likely N-dealkylation sites (N-methyl/N-ethyl adjacent to an activating group) is 1. The molecule has 0 bridgehead atoms. The van der Waals surface area contributed by atoms with Gasteiger partial charge in [0, 0.05) is 31.0 Å². The summed E-state index contributed by atoms with van der Waals surface area (Å²) in [5.41, 5.74) is 4.41. The van der Waals surface area contributed by atoms with Gasteiger partial charge in [0.2, 0.25) is 5.91 Å². The molecule has 27 heavy (non-hydrogen) atoms. The molecule has 2 aromatic carbocycles. The van der Waals surface area contributed by atoms with Crippen molar-refractivity contribution >= 4 is 17.3 Å². The fourth-order valence-corrected chi connectivity index (χ4v) is 3.31. The van der Waals surface area contributed by atoms with Crippen molar-refractivity contribution in [3.8, 4) is 0 Å². The lowest BCUT2D eigenvalue weighted by molar-refractivity contribution is -0.120. The van der Waals surface area contributed by atoms with Crippen LogP contribution in [0.15, 0.2) is 48.5 Å². The number of rotatable bonds is 6. The molecule has 0 spiro atoms. The van der Waals surface area contributed by atoms with Crippen molar-refractivity contribution < 1.29 is 9.53 Å². The molecule has 2 aromatic rings. The Morgan fingerprint density at radius 3 is 2.56 bits per heavy atom. The quantitative estimate of drug-likeness (QED) is 0.851. The molecule has 5 heteroatoms. The van der Waals surface area contributed by atoms with E-state index < -0.39 is 0 Å². The van der Waals surface area contributed by atoms with Crippen molar-refractivity contribution in [3.05, 3.63) is 59.7 Å². The average Bonchev–Trinajstić information content (AvgIpc) is 2.70. The van der Waals surface area contributed by atoms with Crippen LogP contribution >= 0.6 is 0 Å². The first kappa shape index (κ1) is 19.4. The lowest BCUT2D eigenvalue weighted by atomic mass is 10.1. The summed E-state index contributed by atoms with van der Waals surface area (Å²) in [6.07, 6.45) is 0. The highest BCUT2D eigenvalue weighted by Gasteiger charge is 2.21. The van der Waals surface area contributed by atoms with Gasteiger partial charge in [0.05, 0.1) is 19.3 Å². The lowest BCUT2D eigenvalue weighted by Gasteiger charge is -2.32. The highest BCUT2D eigenvalue weighted by molar-refractivity contribution is 5.95. The van der Waals surface area contributed by atoms with E-state index in [1.54, 1.807) is 0 Å². The largest absolute Gasteiger partial charge is 0.378 e. The number of aryl methyl sites for hydroxylation is 1. The zero-order valence-electron chi connectivity index (χ0n) is 16.4. The topological polar surface area (TPSA) is 44.8 Å². The van der Waals surface area contributed by atoms with Crippen LogP contribution in [0, 0.1) is 6.92 Å². The van der Waals surface area contributed by atoms with E-state index >= 15 is 0 Å². The molecule has 1 unspecified atom stereocenters. The van der Waals surface area contributed by atoms with E-state index in [-0.39, 0.29) is 11.9 Å². The minimum Gasteiger partial charge on any atom is -0.378 e. The summed E-state index contributed by atoms with van der Waals surface area (Å²) >= 11 is 0. The van der Waals surface area contributed by atoms with E-state index in [2.05, 4.69) is 39.4 Å². The number of hydrogen-bond donors (Lipinski definition) is 1. The highest BCUT2D eigenvalue weighted by Crippen LogP contribution is 2.23. The first-order chi connectivity index (χ1) is 13.1. The Balaban J connectivity index is 1.67. The van der Waals surface area contributed by atoms with Gasteiger partial charge in [0.15, 0.2) is 0 Å². The third kappa shape index (κ3) is 4.87. The van der Waals surface area contributed by atoms with Crippen LogP contribution in [0.25, 0.3) is 0 Å². The van der Waals surface area contributed by atoms with Gasteiger partial charge in [0.25, 0.3) is 0 Å². The molecule has 1 fully saturated rings. The Hall–Kier alpha value is -2.37. The third-order valence-corrected chi connectivity index (χ3v) is 5.21. The number of carbonyl (C=O) groups is 1. The minimum absolute atomic E-state index is 0.00986. The van der Waals surface area contributed by atoms with E-state index in [0.717, 1.165) is 44.1 Å². The van der Waals surface area contributed by atoms with Crippen LogP contribution in [-0.2, 0) is 16.1 Å². The molecule has 1 saturated heterocycles. The van der Waals surface area contributed by atoms with Crippen LogP contribution in [0.1, 0.15) is 18.1 Å². The Morgan fingerprint density at radius 2 is 1.81 bits per heavy atom. The van der Waals surface area contributed by atoms with E-state index in [0.29, 0.717) is 0 Å². The fourth-order valence-electron chi connectivity index (χ4n) is 3.31. The minimum atomic E-state index is -0.234. The molecular formula is C22H29N3O2. The van der Waals surface area contributed by atoms with Crippen LogP contribution < -0.4 is 10.2 Å². The van der Waals surface area contributed by atoms with Crippen molar-refractivity contribution in [1.82, 2.24) is 4.90 Å². The number of benzene rings is 2. The molecule has 1 aliphatic heterocycles. The van der Waals surface area contributed by atoms with E-state index in [1.165, 1.54) is 11.3 Å². The number of anilines is 2. The maximum Gasteiger partial charge on any atom is 0.241 e. The van der Waals surface area contributed by atoms with Crippen molar-refractivity contribution in [2.24, 2.45) is 0 Å². The molecule has 0 aromatic heterocycles. The molecule has 3 rings (SSSR count). The summed E-state index contributed by atoms with van der Waals surface area (Å²) in [5.74, 6) is 0.00986. The molecule has 144 valence electrons. The van der Waals surface area contributed by atoms with Crippen LogP contribution in [0.4, 0.5) is 11.4 Å². The van der Waals surface area contributed by atoms with E-state index in [4.69, 9.17) is 4.74 Å². The second kappa shape index (κ2) is 9.02. The predicted molar refractivity (Wildman–Crippen MR) is 110 cm³/mol. The van der Waals surface area contributed by atoms with Gasteiger partial charge in [-0.2, -0.15) is 0 Å². The van der Waals surface area contributed by atoms with Gasteiger partial charge in [-0.15, -0.1) is 0 Å². The molecule has 5 nitrogen and oxygen atoms in total. The monoisotopic (exact) mass is 367 g/mol. The summed E-state index contributed by atoms with van der Waals surface area (Å²) in [5, 5.41) is 3.05. The number of hydrogen-bond acceptors (Lipinski definition) is 4. The molecule has 1 atom stereocenters. The number of para-hydroxylation sites is 2. The maximum absolute atomic E-state index is 12.7. The second-order valence-corrected chi connectivity index (χ2v) is 7.12. The van der Waals surface area contributed by atoms with Crippen LogP contribution in [0.3, 0.4) is 0 Å². The number of morpholine rings is 1. The van der Waals surface area contributed by atoms with Gasteiger partial charge in [-0.05, 0) is 44.2 Å². The zero-order valence-corrected chi connectivity index (χ0v) is 16.4. The summed E-state index contributed by atoms with van der Waals surface area (Å²) in [6.45, 7) is 8.01. The summed E-state index contributed by atoms with van der Waals surface area (Å²) in [4.78, 5) is 17.2. The summed E-state index contributed by atoms with van der Waals surface area (Å²) in [7, 11) is 2.00. The van der Waals surface area contributed by atoms with Gasteiger partial charge in [0.1, 0.15) is 0 Å². The molecule has 1 amide bonds. The smallest absolute Gasteiger partial charge is 0.241 e. The standard InChI is InChI=1S/C22H29N3O2/c1-17-8-4-6-10-20(17)23-22(26)18(2)24(3)16-19-9-5-7-11-21(19)25-12-14-27-15-13-25/h4-11,18H,12-16H2,1-3H3,(H,23,26). The molecule has 0 saturated carbocycles.